The Hall–Kier alpha value is -2.54. The number of carbonyl (C=O) groups excluding carboxylic acids is 1. The lowest BCUT2D eigenvalue weighted by atomic mass is 10.0. The number of fused-ring (bicyclic) bond motifs is 1. The molecule has 6 nitrogen and oxygen atoms in total. The number of rotatable bonds is 6. The number of pyridine rings is 1. The second kappa shape index (κ2) is 8.00. The maximum atomic E-state index is 12.4. The zero-order valence-electron chi connectivity index (χ0n) is 15.4. The maximum Gasteiger partial charge on any atom is 0.252 e. The highest BCUT2D eigenvalue weighted by Crippen LogP contribution is 2.27. The van der Waals surface area contributed by atoms with Crippen molar-refractivity contribution < 1.29 is 4.79 Å². The topological polar surface area (TPSA) is 72.7 Å². The lowest BCUT2D eigenvalue weighted by Crippen LogP contribution is -2.24. The van der Waals surface area contributed by atoms with Gasteiger partial charge in [-0.25, -0.2) is 4.98 Å². The molecule has 4 rings (SSSR count). The Balaban J connectivity index is 1.30. The number of aromatic nitrogens is 4. The van der Waals surface area contributed by atoms with E-state index in [4.69, 9.17) is 4.98 Å². The maximum absolute atomic E-state index is 12.4. The predicted molar refractivity (Wildman–Crippen MR) is 106 cm³/mol. The van der Waals surface area contributed by atoms with E-state index in [9.17, 15) is 4.79 Å². The zero-order chi connectivity index (χ0) is 18.6. The number of hydrogen-bond donors (Lipinski definition) is 1. The molecule has 0 aromatic carbocycles. The summed E-state index contributed by atoms with van der Waals surface area (Å²) in [4.78, 5) is 22.8. The smallest absolute Gasteiger partial charge is 0.252 e. The summed E-state index contributed by atoms with van der Waals surface area (Å²) in [6.07, 6.45) is 13.7. The lowest BCUT2D eigenvalue weighted by Gasteiger charge is -2.06. The third-order valence-corrected chi connectivity index (χ3v) is 6.00. The summed E-state index contributed by atoms with van der Waals surface area (Å²) in [7, 11) is 1.87. The highest BCUT2D eigenvalue weighted by Gasteiger charge is 2.15. The lowest BCUT2D eigenvalue weighted by molar-refractivity contribution is 0.0953. The summed E-state index contributed by atoms with van der Waals surface area (Å²) in [6.45, 7) is 0.639. The molecule has 3 heterocycles. The van der Waals surface area contributed by atoms with Gasteiger partial charge >= 0.3 is 0 Å². The van der Waals surface area contributed by atoms with Crippen molar-refractivity contribution in [1.82, 2.24) is 25.1 Å². The van der Waals surface area contributed by atoms with Crippen molar-refractivity contribution in [3.05, 3.63) is 52.0 Å². The van der Waals surface area contributed by atoms with Crippen LogP contribution in [0.25, 0.3) is 11.1 Å². The van der Waals surface area contributed by atoms with Crippen LogP contribution >= 0.6 is 11.3 Å². The van der Waals surface area contributed by atoms with Crippen molar-refractivity contribution in [3.8, 4) is 11.1 Å². The minimum Gasteiger partial charge on any atom is -0.352 e. The Morgan fingerprint density at radius 3 is 2.93 bits per heavy atom. The Morgan fingerprint density at radius 1 is 1.22 bits per heavy atom. The first-order valence-corrected chi connectivity index (χ1v) is 10.2. The Kier molecular flexibility index (Phi) is 5.29. The molecule has 140 valence electrons. The standard InChI is InChI=1S/C20H23N5OS/c1-25-13-16(12-23-25)14-9-15(11-21-10-14)20(26)22-8-4-7-19-24-17-5-2-3-6-18(17)27-19/h9-13H,2-8H2,1H3,(H,22,26). The summed E-state index contributed by atoms with van der Waals surface area (Å²) >= 11 is 1.85. The van der Waals surface area contributed by atoms with Crippen molar-refractivity contribution in [2.75, 3.05) is 6.54 Å². The molecular formula is C20H23N5OS. The fourth-order valence-electron chi connectivity index (χ4n) is 3.35. The van der Waals surface area contributed by atoms with E-state index in [1.165, 1.54) is 34.8 Å². The van der Waals surface area contributed by atoms with Crippen LogP contribution in [-0.2, 0) is 26.3 Å². The Bertz CT molecular complexity index is 922. The van der Waals surface area contributed by atoms with Crippen LogP contribution in [0.15, 0.2) is 30.9 Å². The third-order valence-electron chi connectivity index (χ3n) is 4.78. The van der Waals surface area contributed by atoms with Gasteiger partial charge in [0.25, 0.3) is 5.91 Å². The van der Waals surface area contributed by atoms with Gasteiger partial charge in [-0.15, -0.1) is 11.3 Å². The van der Waals surface area contributed by atoms with Gasteiger partial charge in [-0.2, -0.15) is 5.10 Å². The van der Waals surface area contributed by atoms with Crippen LogP contribution < -0.4 is 5.32 Å². The van der Waals surface area contributed by atoms with Crippen LogP contribution in [-0.4, -0.2) is 32.2 Å². The highest BCUT2D eigenvalue weighted by molar-refractivity contribution is 7.11. The van der Waals surface area contributed by atoms with Crippen molar-refractivity contribution in [2.45, 2.75) is 38.5 Å². The van der Waals surface area contributed by atoms with Crippen molar-refractivity contribution in [3.63, 3.8) is 0 Å². The molecule has 7 heteroatoms. The number of carbonyl (C=O) groups is 1. The second-order valence-electron chi connectivity index (χ2n) is 6.91. The molecule has 0 unspecified atom stereocenters. The van der Waals surface area contributed by atoms with Crippen molar-refractivity contribution in [1.29, 1.82) is 0 Å². The molecule has 3 aromatic heterocycles. The van der Waals surface area contributed by atoms with Crippen LogP contribution in [0.3, 0.4) is 0 Å². The summed E-state index contributed by atoms with van der Waals surface area (Å²) in [5, 5.41) is 8.36. The molecule has 0 saturated heterocycles. The van der Waals surface area contributed by atoms with Crippen LogP contribution in [0.1, 0.15) is 45.2 Å². The van der Waals surface area contributed by atoms with Gasteiger partial charge in [0.05, 0.1) is 22.5 Å². The SMILES string of the molecule is Cn1cc(-c2cncc(C(=O)NCCCc3nc4c(s3)CCCC4)c2)cn1. The van der Waals surface area contributed by atoms with Gasteiger partial charge in [-0.3, -0.25) is 14.5 Å². The fourth-order valence-corrected chi connectivity index (χ4v) is 4.55. The van der Waals surface area contributed by atoms with Gasteiger partial charge < -0.3 is 5.32 Å². The molecule has 1 N–H and O–H groups in total. The molecule has 1 aliphatic rings. The molecule has 0 saturated carbocycles. The minimum absolute atomic E-state index is 0.0910. The van der Waals surface area contributed by atoms with E-state index in [1.54, 1.807) is 23.3 Å². The summed E-state index contributed by atoms with van der Waals surface area (Å²) in [5.74, 6) is -0.0910. The van der Waals surface area contributed by atoms with Gasteiger partial charge in [-0.05, 0) is 38.2 Å². The molecule has 3 aromatic rings. The summed E-state index contributed by atoms with van der Waals surface area (Å²) in [6, 6.07) is 1.86. The van der Waals surface area contributed by atoms with Gasteiger partial charge in [0.2, 0.25) is 0 Å². The molecule has 0 bridgehead atoms. The first kappa shape index (κ1) is 17.9. The fraction of sp³-hybridized carbons (Fsp3) is 0.400. The first-order chi connectivity index (χ1) is 13.2. The number of amides is 1. The largest absolute Gasteiger partial charge is 0.352 e. The molecule has 0 spiro atoms. The molecule has 0 aliphatic heterocycles. The Morgan fingerprint density at radius 2 is 2.11 bits per heavy atom. The molecule has 27 heavy (non-hydrogen) atoms. The number of thiazole rings is 1. The van der Waals surface area contributed by atoms with E-state index >= 15 is 0 Å². The highest BCUT2D eigenvalue weighted by atomic mass is 32.1. The van der Waals surface area contributed by atoms with E-state index < -0.39 is 0 Å². The van der Waals surface area contributed by atoms with E-state index in [1.807, 2.05) is 30.6 Å². The van der Waals surface area contributed by atoms with Gasteiger partial charge in [-0.1, -0.05) is 0 Å². The molecule has 0 radical (unpaired) electrons. The van der Waals surface area contributed by atoms with Crippen LogP contribution in [0.5, 0.6) is 0 Å². The third kappa shape index (κ3) is 4.24. The molecule has 1 amide bonds. The summed E-state index contributed by atoms with van der Waals surface area (Å²) < 4.78 is 1.73. The van der Waals surface area contributed by atoms with Crippen LogP contribution in [0.4, 0.5) is 0 Å². The van der Waals surface area contributed by atoms with E-state index in [-0.39, 0.29) is 5.91 Å². The van der Waals surface area contributed by atoms with Gasteiger partial charge in [0.15, 0.2) is 0 Å². The van der Waals surface area contributed by atoms with Gasteiger partial charge in [0.1, 0.15) is 0 Å². The molecule has 0 fully saturated rings. The minimum atomic E-state index is -0.0910. The van der Waals surface area contributed by atoms with Crippen LogP contribution in [0, 0.1) is 0 Å². The van der Waals surface area contributed by atoms with Crippen LogP contribution in [0.2, 0.25) is 0 Å². The number of nitrogens with one attached hydrogen (secondary N) is 1. The van der Waals surface area contributed by atoms with Crippen molar-refractivity contribution >= 4 is 17.2 Å². The average Bonchev–Trinajstić information content (AvgIpc) is 3.31. The molecular weight excluding hydrogens is 358 g/mol. The van der Waals surface area contributed by atoms with E-state index in [0.717, 1.165) is 30.4 Å². The monoisotopic (exact) mass is 381 g/mol. The van der Waals surface area contributed by atoms with Crippen molar-refractivity contribution in [2.24, 2.45) is 7.05 Å². The van der Waals surface area contributed by atoms with E-state index in [0.29, 0.717) is 12.1 Å². The normalized spacial score (nSPS) is 13.4. The Labute approximate surface area is 162 Å². The molecule has 1 aliphatic carbocycles. The molecule has 0 atom stereocenters. The quantitative estimate of drug-likeness (QED) is 0.666. The predicted octanol–water partition coefficient (Wildman–Crippen LogP) is 3.18. The second-order valence-corrected chi connectivity index (χ2v) is 8.08. The average molecular weight is 382 g/mol. The van der Waals surface area contributed by atoms with E-state index in [2.05, 4.69) is 15.4 Å². The summed E-state index contributed by atoms with van der Waals surface area (Å²) in [5.41, 5.74) is 3.72. The number of aryl methyl sites for hydroxylation is 4. The number of nitrogens with zero attached hydrogens (tertiary/aromatic N) is 4. The van der Waals surface area contributed by atoms with Gasteiger partial charge in [0, 0.05) is 54.6 Å². The zero-order valence-corrected chi connectivity index (χ0v) is 16.3. The number of hydrogen-bond acceptors (Lipinski definition) is 5. The first-order valence-electron chi connectivity index (χ1n) is 9.39.